The lowest BCUT2D eigenvalue weighted by atomic mass is 10.1. The van der Waals surface area contributed by atoms with Gasteiger partial charge in [-0.3, -0.25) is 4.79 Å². The van der Waals surface area contributed by atoms with E-state index in [1.54, 1.807) is 0 Å². The molecule has 0 aliphatic heterocycles. The Morgan fingerprint density at radius 2 is 1.81 bits per heavy atom. The molecule has 5 nitrogen and oxygen atoms in total. The molecule has 1 N–H and O–H groups in total. The molecule has 0 fully saturated rings. The van der Waals surface area contributed by atoms with E-state index in [0.717, 1.165) is 28.1 Å². The summed E-state index contributed by atoms with van der Waals surface area (Å²) >= 11 is 0. The Kier molecular flexibility index (Phi) is 5.61. The molecule has 0 unspecified atom stereocenters. The van der Waals surface area contributed by atoms with Crippen LogP contribution in [0.5, 0.6) is 0 Å². The molecule has 0 atom stereocenters. The van der Waals surface area contributed by atoms with E-state index in [0.29, 0.717) is 6.42 Å². The number of nitrogens with zero attached hydrogens (tertiary/aromatic N) is 3. The first-order valence-corrected chi connectivity index (χ1v) is 9.36. The van der Waals surface area contributed by atoms with E-state index < -0.39 is 0 Å². The number of hydrogen-bond acceptors (Lipinski definition) is 3. The largest absolute Gasteiger partial charge is 0.396 e. The fourth-order valence-corrected chi connectivity index (χ4v) is 3.43. The number of fused-ring (bicyclic) bond motifs is 1. The van der Waals surface area contributed by atoms with Gasteiger partial charge in [0.1, 0.15) is 12.4 Å². The molecule has 0 aliphatic carbocycles. The van der Waals surface area contributed by atoms with Gasteiger partial charge in [0.2, 0.25) is 5.91 Å². The van der Waals surface area contributed by atoms with Crippen LogP contribution < -0.4 is 4.90 Å². The van der Waals surface area contributed by atoms with Crippen LogP contribution in [-0.4, -0.2) is 33.2 Å². The summed E-state index contributed by atoms with van der Waals surface area (Å²) in [7, 11) is 0. The summed E-state index contributed by atoms with van der Waals surface area (Å²) in [5.41, 5.74) is 5.02. The van der Waals surface area contributed by atoms with Crippen molar-refractivity contribution in [2.45, 2.75) is 46.7 Å². The summed E-state index contributed by atoms with van der Waals surface area (Å²) < 4.78 is 1.94. The van der Waals surface area contributed by atoms with E-state index in [9.17, 15) is 9.90 Å². The number of carbonyl (C=O) groups is 1. The van der Waals surface area contributed by atoms with Gasteiger partial charge in [-0.1, -0.05) is 18.2 Å². The Hall–Kier alpha value is -2.66. The first-order chi connectivity index (χ1) is 12.9. The van der Waals surface area contributed by atoms with Crippen molar-refractivity contribution >= 4 is 22.6 Å². The fourth-order valence-electron chi connectivity index (χ4n) is 3.43. The maximum absolute atomic E-state index is 13.2. The van der Waals surface area contributed by atoms with Crippen molar-refractivity contribution in [3.05, 3.63) is 59.4 Å². The Morgan fingerprint density at radius 1 is 1.15 bits per heavy atom. The number of hydrogen-bond donors (Lipinski definition) is 1. The summed E-state index contributed by atoms with van der Waals surface area (Å²) in [4.78, 5) is 19.7. The third-order valence-electron chi connectivity index (χ3n) is 4.89. The number of rotatable bonds is 6. The van der Waals surface area contributed by atoms with E-state index in [1.807, 2.05) is 59.7 Å². The third kappa shape index (κ3) is 3.88. The summed E-state index contributed by atoms with van der Waals surface area (Å²) in [6.45, 7) is 8.34. The second kappa shape index (κ2) is 7.92. The normalized spacial score (nSPS) is 11.3. The Labute approximate surface area is 160 Å². The van der Waals surface area contributed by atoms with Gasteiger partial charge in [-0.25, -0.2) is 4.98 Å². The molecular weight excluding hydrogens is 338 g/mol. The van der Waals surface area contributed by atoms with Crippen LogP contribution in [0.2, 0.25) is 0 Å². The maximum Gasteiger partial charge on any atom is 0.247 e. The van der Waals surface area contributed by atoms with Gasteiger partial charge in [-0.2, -0.15) is 0 Å². The SMILES string of the molecule is Cc1cc2nc(CCO)n(CC(=O)N(c3ccccc3)C(C)C)c2cc1C. The molecule has 2 aromatic carbocycles. The zero-order chi connectivity index (χ0) is 19.6. The third-order valence-corrected chi connectivity index (χ3v) is 4.89. The number of amides is 1. The molecule has 0 spiro atoms. The molecule has 1 heterocycles. The first-order valence-electron chi connectivity index (χ1n) is 9.36. The molecule has 3 aromatic rings. The zero-order valence-electron chi connectivity index (χ0n) is 16.4. The van der Waals surface area contributed by atoms with Gasteiger partial charge >= 0.3 is 0 Å². The quantitative estimate of drug-likeness (QED) is 0.726. The number of benzene rings is 2. The highest BCUT2D eigenvalue weighted by molar-refractivity contribution is 5.94. The second-order valence-corrected chi connectivity index (χ2v) is 7.21. The van der Waals surface area contributed by atoms with Gasteiger partial charge in [0.15, 0.2) is 0 Å². The molecular formula is C22H27N3O2. The summed E-state index contributed by atoms with van der Waals surface area (Å²) in [6, 6.07) is 13.9. The van der Waals surface area contributed by atoms with E-state index in [-0.39, 0.29) is 25.1 Å². The number of aliphatic hydroxyl groups is 1. The molecule has 1 amide bonds. The highest BCUT2D eigenvalue weighted by atomic mass is 16.3. The maximum atomic E-state index is 13.2. The molecule has 0 bridgehead atoms. The van der Waals surface area contributed by atoms with Crippen LogP contribution in [-0.2, 0) is 17.8 Å². The topological polar surface area (TPSA) is 58.4 Å². The van der Waals surface area contributed by atoms with Crippen LogP contribution in [0.15, 0.2) is 42.5 Å². The molecule has 3 rings (SSSR count). The van der Waals surface area contributed by atoms with E-state index in [1.165, 1.54) is 5.56 Å². The lowest BCUT2D eigenvalue weighted by Crippen LogP contribution is -2.39. The number of aryl methyl sites for hydroxylation is 2. The molecule has 142 valence electrons. The number of para-hydroxylation sites is 1. The first kappa shape index (κ1) is 19.1. The Morgan fingerprint density at radius 3 is 2.44 bits per heavy atom. The Bertz CT molecular complexity index is 945. The van der Waals surface area contributed by atoms with Crippen LogP contribution >= 0.6 is 0 Å². The average molecular weight is 365 g/mol. The monoisotopic (exact) mass is 365 g/mol. The minimum absolute atomic E-state index is 0.00204. The predicted molar refractivity (Wildman–Crippen MR) is 109 cm³/mol. The number of anilines is 1. The van der Waals surface area contributed by atoms with Gasteiger partial charge in [0.05, 0.1) is 17.6 Å². The lowest BCUT2D eigenvalue weighted by molar-refractivity contribution is -0.119. The molecule has 0 saturated heterocycles. The van der Waals surface area contributed by atoms with Crippen molar-refractivity contribution < 1.29 is 9.90 Å². The molecule has 0 radical (unpaired) electrons. The smallest absolute Gasteiger partial charge is 0.247 e. The minimum Gasteiger partial charge on any atom is -0.396 e. The van der Waals surface area contributed by atoms with E-state index >= 15 is 0 Å². The van der Waals surface area contributed by atoms with Gasteiger partial charge in [-0.05, 0) is 63.1 Å². The summed E-state index contributed by atoms with van der Waals surface area (Å²) in [5.74, 6) is 0.746. The average Bonchev–Trinajstić information content (AvgIpc) is 2.93. The van der Waals surface area contributed by atoms with Crippen LogP contribution in [0, 0.1) is 13.8 Å². The zero-order valence-corrected chi connectivity index (χ0v) is 16.4. The van der Waals surface area contributed by atoms with Gasteiger partial charge in [-0.15, -0.1) is 0 Å². The lowest BCUT2D eigenvalue weighted by Gasteiger charge is -2.27. The van der Waals surface area contributed by atoms with Crippen molar-refractivity contribution in [2.24, 2.45) is 0 Å². The van der Waals surface area contributed by atoms with Gasteiger partial charge in [0, 0.05) is 18.2 Å². The molecule has 1 aromatic heterocycles. The van der Waals surface area contributed by atoms with Crippen molar-refractivity contribution in [3.8, 4) is 0 Å². The standard InChI is InChI=1S/C22H27N3O2/c1-15(2)25(18-8-6-5-7-9-18)22(27)14-24-20-13-17(4)16(3)12-19(20)23-21(24)10-11-26/h5-9,12-13,15,26H,10-11,14H2,1-4H3. The predicted octanol–water partition coefficient (Wildman–Crippen LogP) is 3.63. The van der Waals surface area contributed by atoms with E-state index in [2.05, 4.69) is 24.9 Å². The number of aromatic nitrogens is 2. The fraction of sp³-hybridized carbons (Fsp3) is 0.364. The summed E-state index contributed by atoms with van der Waals surface area (Å²) in [6.07, 6.45) is 0.424. The summed E-state index contributed by atoms with van der Waals surface area (Å²) in [5, 5.41) is 9.44. The highest BCUT2D eigenvalue weighted by Gasteiger charge is 2.22. The van der Waals surface area contributed by atoms with E-state index in [4.69, 9.17) is 0 Å². The molecule has 0 aliphatic rings. The van der Waals surface area contributed by atoms with Crippen LogP contribution in [0.4, 0.5) is 5.69 Å². The van der Waals surface area contributed by atoms with Crippen LogP contribution in [0.25, 0.3) is 11.0 Å². The van der Waals surface area contributed by atoms with Crippen molar-refractivity contribution in [1.29, 1.82) is 0 Å². The second-order valence-electron chi connectivity index (χ2n) is 7.21. The van der Waals surface area contributed by atoms with Crippen molar-refractivity contribution in [1.82, 2.24) is 9.55 Å². The van der Waals surface area contributed by atoms with Crippen LogP contribution in [0.1, 0.15) is 30.8 Å². The molecule has 5 heteroatoms. The number of imidazole rings is 1. The van der Waals surface area contributed by atoms with Gasteiger partial charge < -0.3 is 14.6 Å². The highest BCUT2D eigenvalue weighted by Crippen LogP contribution is 2.23. The molecule has 27 heavy (non-hydrogen) atoms. The minimum atomic E-state index is 0.00204. The van der Waals surface area contributed by atoms with Crippen LogP contribution in [0.3, 0.4) is 0 Å². The molecule has 0 saturated carbocycles. The number of carbonyl (C=O) groups excluding carboxylic acids is 1. The number of aliphatic hydroxyl groups excluding tert-OH is 1. The van der Waals surface area contributed by atoms with Crippen molar-refractivity contribution in [2.75, 3.05) is 11.5 Å². The van der Waals surface area contributed by atoms with Crippen molar-refractivity contribution in [3.63, 3.8) is 0 Å². The Balaban J connectivity index is 2.02. The van der Waals surface area contributed by atoms with Gasteiger partial charge in [0.25, 0.3) is 0 Å².